The van der Waals surface area contributed by atoms with E-state index in [1.54, 1.807) is 11.1 Å². The fourth-order valence-electron chi connectivity index (χ4n) is 5.80. The summed E-state index contributed by atoms with van der Waals surface area (Å²) >= 11 is 7.73. The van der Waals surface area contributed by atoms with Crippen molar-refractivity contribution in [3.8, 4) is 0 Å². The van der Waals surface area contributed by atoms with Gasteiger partial charge in [0, 0.05) is 14.7 Å². The Labute approximate surface area is 208 Å². The second-order valence-electron chi connectivity index (χ2n) is 9.78. The number of hydrogen-bond acceptors (Lipinski definition) is 0. The van der Waals surface area contributed by atoms with Gasteiger partial charge in [0.2, 0.25) is 0 Å². The van der Waals surface area contributed by atoms with Gasteiger partial charge in [0.1, 0.15) is 0 Å². The van der Waals surface area contributed by atoms with Crippen molar-refractivity contribution in [2.75, 3.05) is 0 Å². The van der Waals surface area contributed by atoms with E-state index in [9.17, 15) is 0 Å². The Kier molecular flexibility index (Phi) is 10.4. The van der Waals surface area contributed by atoms with Crippen molar-refractivity contribution in [1.82, 2.24) is 0 Å². The van der Waals surface area contributed by atoms with Crippen LogP contribution in [0, 0.1) is 0 Å². The van der Waals surface area contributed by atoms with Crippen LogP contribution in [-0.2, 0) is 5.41 Å². The van der Waals surface area contributed by atoms with E-state index in [1.807, 2.05) is 0 Å². The predicted octanol–water partition coefficient (Wildman–Crippen LogP) is 10.7. The first-order valence-electron chi connectivity index (χ1n) is 13.0. The van der Waals surface area contributed by atoms with E-state index in [0.717, 1.165) is 0 Å². The third-order valence-corrected chi connectivity index (χ3v) is 8.60. The summed E-state index contributed by atoms with van der Waals surface area (Å²) in [6.45, 7) is 4.62. The van der Waals surface area contributed by atoms with Crippen molar-refractivity contribution in [3.05, 3.63) is 51.5 Å². The monoisotopic (exact) mass is 548 g/mol. The van der Waals surface area contributed by atoms with E-state index in [1.165, 1.54) is 112 Å². The third kappa shape index (κ3) is 6.38. The van der Waals surface area contributed by atoms with Crippen LogP contribution < -0.4 is 0 Å². The maximum Gasteiger partial charge on any atom is 0.0366 e. The lowest BCUT2D eigenvalue weighted by atomic mass is 9.68. The number of benzene rings is 1. The molecule has 0 spiro atoms. The van der Waals surface area contributed by atoms with E-state index >= 15 is 0 Å². The zero-order valence-electron chi connectivity index (χ0n) is 19.8. The average molecular weight is 550 g/mol. The van der Waals surface area contributed by atoms with Gasteiger partial charge in [0.15, 0.2) is 0 Å². The number of allylic oxidation sites excluding steroid dienone is 4. The molecule has 0 bridgehead atoms. The molecule has 0 nitrogen and oxygen atoms in total. The summed E-state index contributed by atoms with van der Waals surface area (Å²) < 4.78 is 1.24. The molecule has 1 aromatic carbocycles. The summed E-state index contributed by atoms with van der Waals surface area (Å²) in [5.74, 6) is 0. The number of unbranched alkanes of at least 4 members (excludes halogenated alkanes) is 10. The predicted molar refractivity (Wildman–Crippen MR) is 145 cm³/mol. The fourth-order valence-corrected chi connectivity index (χ4v) is 6.64. The van der Waals surface area contributed by atoms with Crippen LogP contribution in [0.3, 0.4) is 0 Å². The third-order valence-electron chi connectivity index (χ3n) is 7.48. The Balaban J connectivity index is 1.81. The molecule has 0 N–H and O–H groups in total. The molecule has 1 unspecified atom stereocenters. The molecule has 0 amide bonds. The largest absolute Gasteiger partial charge is 0.0842 e. The molecule has 1 aromatic rings. The second-order valence-corrected chi connectivity index (χ2v) is 11.9. The van der Waals surface area contributed by atoms with Crippen molar-refractivity contribution in [3.63, 3.8) is 0 Å². The lowest BCUT2D eigenvalue weighted by Crippen LogP contribution is -2.28. The Hall–Kier alpha value is -0.340. The Bertz CT molecular complexity index is 742. The molecular formula is C29H42Br2. The fraction of sp³-hybridized carbons (Fsp3) is 0.655. The van der Waals surface area contributed by atoms with E-state index in [-0.39, 0.29) is 5.41 Å². The van der Waals surface area contributed by atoms with Crippen molar-refractivity contribution >= 4 is 37.4 Å². The lowest BCUT2D eigenvalue weighted by Gasteiger charge is -2.36. The highest BCUT2D eigenvalue weighted by atomic mass is 79.9. The molecular weight excluding hydrogens is 508 g/mol. The molecule has 0 radical (unpaired) electrons. The molecule has 172 valence electrons. The van der Waals surface area contributed by atoms with E-state index in [2.05, 4.69) is 76.1 Å². The Morgan fingerprint density at radius 3 is 2.03 bits per heavy atom. The van der Waals surface area contributed by atoms with Crippen LogP contribution in [0.5, 0.6) is 0 Å². The summed E-state index contributed by atoms with van der Waals surface area (Å²) in [5, 5.41) is 0. The molecule has 0 aliphatic heterocycles. The number of alkyl halides is 1. The number of rotatable bonds is 14. The highest BCUT2D eigenvalue weighted by Gasteiger charge is 2.44. The van der Waals surface area contributed by atoms with Crippen LogP contribution in [0.2, 0.25) is 0 Å². The minimum Gasteiger partial charge on any atom is -0.0842 e. The van der Waals surface area contributed by atoms with E-state index in [0.29, 0.717) is 4.83 Å². The molecule has 0 fully saturated rings. The zero-order chi connectivity index (χ0) is 22.1. The van der Waals surface area contributed by atoms with Crippen LogP contribution in [-0.4, -0.2) is 4.83 Å². The SMILES string of the molecule is CCCCCCCCC1(CCCCCCCC)C2=C(C=CC(Br)C2)c2ccc(Br)cc21. The number of fused-ring (bicyclic) bond motifs is 2. The van der Waals surface area contributed by atoms with Gasteiger partial charge >= 0.3 is 0 Å². The maximum absolute atomic E-state index is 3.93. The van der Waals surface area contributed by atoms with Crippen LogP contribution in [0.4, 0.5) is 0 Å². The van der Waals surface area contributed by atoms with Crippen LogP contribution in [0.15, 0.2) is 40.4 Å². The summed E-state index contributed by atoms with van der Waals surface area (Å²) in [7, 11) is 0. The first kappa shape index (κ1) is 25.3. The highest BCUT2D eigenvalue weighted by molar-refractivity contribution is 9.10. The van der Waals surface area contributed by atoms with Gasteiger partial charge in [0.25, 0.3) is 0 Å². The lowest BCUT2D eigenvalue weighted by molar-refractivity contribution is 0.381. The zero-order valence-corrected chi connectivity index (χ0v) is 23.0. The van der Waals surface area contributed by atoms with Crippen LogP contribution in [0.1, 0.15) is 121 Å². The summed E-state index contributed by atoms with van der Waals surface area (Å²) in [5.41, 5.74) is 6.63. The molecule has 2 aliphatic rings. The molecule has 2 aliphatic carbocycles. The maximum atomic E-state index is 3.93. The van der Waals surface area contributed by atoms with E-state index < -0.39 is 0 Å². The molecule has 0 saturated heterocycles. The minimum absolute atomic E-state index is 0.251. The van der Waals surface area contributed by atoms with Crippen molar-refractivity contribution in [2.45, 2.75) is 120 Å². The molecule has 1 atom stereocenters. The second kappa shape index (κ2) is 12.8. The van der Waals surface area contributed by atoms with Crippen LogP contribution in [0.25, 0.3) is 5.57 Å². The van der Waals surface area contributed by atoms with Gasteiger partial charge in [-0.3, -0.25) is 0 Å². The molecule has 31 heavy (non-hydrogen) atoms. The molecule has 0 saturated carbocycles. The molecule has 3 rings (SSSR count). The van der Waals surface area contributed by atoms with Gasteiger partial charge in [-0.2, -0.15) is 0 Å². The van der Waals surface area contributed by atoms with Gasteiger partial charge in [-0.05, 0) is 48.1 Å². The van der Waals surface area contributed by atoms with Gasteiger partial charge in [-0.15, -0.1) is 0 Å². The minimum atomic E-state index is 0.251. The smallest absolute Gasteiger partial charge is 0.0366 e. The quantitative estimate of drug-likeness (QED) is 0.160. The van der Waals surface area contributed by atoms with E-state index in [4.69, 9.17) is 0 Å². The first-order valence-corrected chi connectivity index (χ1v) is 14.7. The van der Waals surface area contributed by atoms with Crippen LogP contribution >= 0.6 is 31.9 Å². The normalized spacial score (nSPS) is 19.0. The molecule has 0 aromatic heterocycles. The van der Waals surface area contributed by atoms with Crippen molar-refractivity contribution < 1.29 is 0 Å². The number of hydrogen-bond donors (Lipinski definition) is 0. The van der Waals surface area contributed by atoms with Gasteiger partial charge in [-0.25, -0.2) is 0 Å². The summed E-state index contributed by atoms with van der Waals surface area (Å²) in [6.07, 6.45) is 25.1. The van der Waals surface area contributed by atoms with Gasteiger partial charge in [0.05, 0.1) is 0 Å². The molecule has 0 heterocycles. The van der Waals surface area contributed by atoms with Crippen molar-refractivity contribution in [2.24, 2.45) is 0 Å². The standard InChI is InChI=1S/C29H42Br2/c1-3-5-7-9-11-13-19-29(20-14-12-10-8-6-4-2)27-21-23(30)15-17-25(27)26-18-16-24(31)22-28(26)29/h15-18,21,24H,3-14,19-20,22H2,1-2H3. The summed E-state index contributed by atoms with van der Waals surface area (Å²) in [6, 6.07) is 7.07. The Morgan fingerprint density at radius 2 is 1.42 bits per heavy atom. The summed E-state index contributed by atoms with van der Waals surface area (Å²) in [4.78, 5) is 0.484. The highest BCUT2D eigenvalue weighted by Crippen LogP contribution is 2.56. The average Bonchev–Trinajstić information content (AvgIpc) is 3.02. The first-order chi connectivity index (χ1) is 15.1. The van der Waals surface area contributed by atoms with Gasteiger partial charge in [-0.1, -0.05) is 147 Å². The molecule has 2 heteroatoms. The number of halogens is 2. The van der Waals surface area contributed by atoms with Crippen molar-refractivity contribution in [1.29, 1.82) is 0 Å². The topological polar surface area (TPSA) is 0 Å². The van der Waals surface area contributed by atoms with Gasteiger partial charge < -0.3 is 0 Å². The Morgan fingerprint density at radius 1 is 0.839 bits per heavy atom.